The van der Waals surface area contributed by atoms with Gasteiger partial charge in [0.15, 0.2) is 0 Å². The van der Waals surface area contributed by atoms with Crippen LogP contribution in [-0.4, -0.2) is 18.7 Å². The average Bonchev–Trinajstić information content (AvgIpc) is 2.56. The highest BCUT2D eigenvalue weighted by Gasteiger charge is 2.01. The molecule has 0 fully saturated rings. The molecule has 0 aliphatic rings. The number of halogens is 1. The van der Waals surface area contributed by atoms with Gasteiger partial charge in [-0.15, -0.1) is 0 Å². The summed E-state index contributed by atoms with van der Waals surface area (Å²) in [4.78, 5) is 11.8. The predicted molar refractivity (Wildman–Crippen MR) is 95.7 cm³/mol. The molecule has 0 aliphatic carbocycles. The zero-order valence-electron chi connectivity index (χ0n) is 12.5. The van der Waals surface area contributed by atoms with Gasteiger partial charge in [0.25, 0.3) is 0 Å². The lowest BCUT2D eigenvalue weighted by Crippen LogP contribution is -2.19. The highest BCUT2D eigenvalue weighted by molar-refractivity contribution is 9.10. The molecule has 5 heteroatoms. The number of hydrazone groups is 1. The van der Waals surface area contributed by atoms with Crippen molar-refractivity contribution < 1.29 is 9.53 Å². The van der Waals surface area contributed by atoms with Crippen LogP contribution in [0, 0.1) is 0 Å². The van der Waals surface area contributed by atoms with E-state index in [2.05, 4.69) is 33.0 Å². The topological polar surface area (TPSA) is 50.7 Å². The normalized spacial score (nSPS) is 10.5. The SMILES string of the molecule is C=CCOc1ccc(/C=N\NC(=O)Cc2ccc(Br)cc2)cc1. The molecule has 0 saturated heterocycles. The first kappa shape index (κ1) is 17.0. The molecule has 0 bridgehead atoms. The van der Waals surface area contributed by atoms with Crippen LogP contribution in [-0.2, 0) is 11.2 Å². The average molecular weight is 373 g/mol. The van der Waals surface area contributed by atoms with Crippen molar-refractivity contribution in [1.29, 1.82) is 0 Å². The van der Waals surface area contributed by atoms with Gasteiger partial charge in [-0.2, -0.15) is 5.10 Å². The maximum Gasteiger partial charge on any atom is 0.244 e. The lowest BCUT2D eigenvalue weighted by atomic mass is 10.1. The minimum Gasteiger partial charge on any atom is -0.490 e. The van der Waals surface area contributed by atoms with Crippen molar-refractivity contribution in [1.82, 2.24) is 5.43 Å². The minimum atomic E-state index is -0.158. The molecule has 0 heterocycles. The Balaban J connectivity index is 1.82. The maximum absolute atomic E-state index is 11.8. The third-order valence-electron chi connectivity index (χ3n) is 2.93. The molecule has 2 rings (SSSR count). The lowest BCUT2D eigenvalue weighted by molar-refractivity contribution is -0.120. The first-order valence-electron chi connectivity index (χ1n) is 7.07. The Bertz CT molecular complexity index is 679. The minimum absolute atomic E-state index is 0.158. The summed E-state index contributed by atoms with van der Waals surface area (Å²) in [5, 5.41) is 3.96. The summed E-state index contributed by atoms with van der Waals surface area (Å²) in [6.07, 6.45) is 3.58. The number of ether oxygens (including phenoxy) is 1. The fourth-order valence-corrected chi connectivity index (χ4v) is 2.08. The molecule has 0 spiro atoms. The number of hydrogen-bond acceptors (Lipinski definition) is 3. The summed E-state index contributed by atoms with van der Waals surface area (Å²) in [5.41, 5.74) is 4.33. The molecule has 0 aliphatic heterocycles. The Labute approximate surface area is 144 Å². The zero-order chi connectivity index (χ0) is 16.5. The number of benzene rings is 2. The molecular weight excluding hydrogens is 356 g/mol. The Morgan fingerprint density at radius 1 is 1.17 bits per heavy atom. The van der Waals surface area contributed by atoms with E-state index < -0.39 is 0 Å². The van der Waals surface area contributed by atoms with E-state index in [1.807, 2.05) is 48.5 Å². The molecule has 0 atom stereocenters. The van der Waals surface area contributed by atoms with Gasteiger partial charge in [0.1, 0.15) is 12.4 Å². The van der Waals surface area contributed by atoms with Crippen LogP contribution in [0.25, 0.3) is 0 Å². The Kier molecular flexibility index (Phi) is 6.56. The predicted octanol–water partition coefficient (Wildman–Crippen LogP) is 3.71. The van der Waals surface area contributed by atoms with Crippen molar-refractivity contribution in [3.8, 4) is 5.75 Å². The first-order chi connectivity index (χ1) is 11.2. The molecule has 0 saturated carbocycles. The number of carbonyl (C=O) groups is 1. The van der Waals surface area contributed by atoms with Crippen LogP contribution in [0.4, 0.5) is 0 Å². The van der Waals surface area contributed by atoms with Crippen LogP contribution in [0.2, 0.25) is 0 Å². The summed E-state index contributed by atoms with van der Waals surface area (Å²) in [7, 11) is 0. The van der Waals surface area contributed by atoms with Crippen molar-refractivity contribution in [2.45, 2.75) is 6.42 Å². The third kappa shape index (κ3) is 6.08. The van der Waals surface area contributed by atoms with Gasteiger partial charge < -0.3 is 4.74 Å². The second-order valence-corrected chi connectivity index (χ2v) is 5.68. The quantitative estimate of drug-likeness (QED) is 0.457. The number of nitrogens with one attached hydrogen (secondary N) is 1. The molecule has 0 radical (unpaired) electrons. The summed E-state index contributed by atoms with van der Waals surface area (Å²) in [5.74, 6) is 0.607. The van der Waals surface area contributed by atoms with Gasteiger partial charge in [0, 0.05) is 4.47 Å². The van der Waals surface area contributed by atoms with Gasteiger partial charge in [-0.1, -0.05) is 40.7 Å². The van der Waals surface area contributed by atoms with Crippen molar-refractivity contribution in [2.24, 2.45) is 5.10 Å². The number of rotatable bonds is 7. The second kappa shape index (κ2) is 8.90. The molecule has 1 N–H and O–H groups in total. The Morgan fingerprint density at radius 2 is 1.87 bits per heavy atom. The van der Waals surface area contributed by atoms with E-state index >= 15 is 0 Å². The van der Waals surface area contributed by atoms with Crippen molar-refractivity contribution in [3.63, 3.8) is 0 Å². The Morgan fingerprint density at radius 3 is 2.52 bits per heavy atom. The maximum atomic E-state index is 11.8. The van der Waals surface area contributed by atoms with E-state index in [-0.39, 0.29) is 5.91 Å². The molecule has 118 valence electrons. The summed E-state index contributed by atoms with van der Waals surface area (Å²) in [6.45, 7) is 4.07. The number of nitrogens with zero attached hydrogens (tertiary/aromatic N) is 1. The molecule has 0 aromatic heterocycles. The van der Waals surface area contributed by atoms with E-state index in [9.17, 15) is 4.79 Å². The van der Waals surface area contributed by atoms with E-state index in [4.69, 9.17) is 4.74 Å². The van der Waals surface area contributed by atoms with E-state index in [1.54, 1.807) is 12.3 Å². The van der Waals surface area contributed by atoms with Gasteiger partial charge >= 0.3 is 0 Å². The van der Waals surface area contributed by atoms with Crippen LogP contribution in [0.3, 0.4) is 0 Å². The van der Waals surface area contributed by atoms with E-state index in [0.717, 1.165) is 21.3 Å². The highest BCUT2D eigenvalue weighted by atomic mass is 79.9. The standard InChI is InChI=1S/C18H17BrN2O2/c1-2-11-23-17-9-5-15(6-10-17)13-20-21-18(22)12-14-3-7-16(19)8-4-14/h2-10,13H,1,11-12H2,(H,21,22)/b20-13-. The first-order valence-corrected chi connectivity index (χ1v) is 7.87. The van der Waals surface area contributed by atoms with Crippen LogP contribution >= 0.6 is 15.9 Å². The van der Waals surface area contributed by atoms with E-state index in [0.29, 0.717) is 13.0 Å². The molecule has 1 amide bonds. The smallest absolute Gasteiger partial charge is 0.244 e. The van der Waals surface area contributed by atoms with Crippen molar-refractivity contribution >= 4 is 28.1 Å². The van der Waals surface area contributed by atoms with Crippen LogP contribution in [0.15, 0.2) is 70.8 Å². The molecular formula is C18H17BrN2O2. The largest absolute Gasteiger partial charge is 0.490 e. The van der Waals surface area contributed by atoms with Gasteiger partial charge in [-0.25, -0.2) is 5.43 Å². The van der Waals surface area contributed by atoms with Crippen molar-refractivity contribution in [3.05, 3.63) is 76.8 Å². The number of carbonyl (C=O) groups excluding carboxylic acids is 1. The third-order valence-corrected chi connectivity index (χ3v) is 3.46. The fourth-order valence-electron chi connectivity index (χ4n) is 1.81. The van der Waals surface area contributed by atoms with Crippen molar-refractivity contribution in [2.75, 3.05) is 6.61 Å². The summed E-state index contributed by atoms with van der Waals surface area (Å²) >= 11 is 3.36. The van der Waals surface area contributed by atoms with E-state index in [1.165, 1.54) is 0 Å². The zero-order valence-corrected chi connectivity index (χ0v) is 14.1. The second-order valence-electron chi connectivity index (χ2n) is 4.77. The molecule has 2 aromatic rings. The molecule has 4 nitrogen and oxygen atoms in total. The summed E-state index contributed by atoms with van der Waals surface area (Å²) in [6, 6.07) is 15.0. The fraction of sp³-hybridized carbons (Fsp3) is 0.111. The van der Waals surface area contributed by atoms with Gasteiger partial charge in [-0.3, -0.25) is 4.79 Å². The van der Waals surface area contributed by atoms with Crippen LogP contribution < -0.4 is 10.2 Å². The number of hydrogen-bond donors (Lipinski definition) is 1. The van der Waals surface area contributed by atoms with Crippen LogP contribution in [0.5, 0.6) is 5.75 Å². The summed E-state index contributed by atoms with van der Waals surface area (Å²) < 4.78 is 6.38. The van der Waals surface area contributed by atoms with Gasteiger partial charge in [0.2, 0.25) is 5.91 Å². The molecule has 2 aromatic carbocycles. The number of amides is 1. The lowest BCUT2D eigenvalue weighted by Gasteiger charge is -2.03. The Hall–Kier alpha value is -2.40. The molecule has 0 unspecified atom stereocenters. The monoisotopic (exact) mass is 372 g/mol. The van der Waals surface area contributed by atoms with Gasteiger partial charge in [-0.05, 0) is 47.5 Å². The highest BCUT2D eigenvalue weighted by Crippen LogP contribution is 2.11. The molecule has 23 heavy (non-hydrogen) atoms. The van der Waals surface area contributed by atoms with Crippen LogP contribution in [0.1, 0.15) is 11.1 Å². The van der Waals surface area contributed by atoms with Gasteiger partial charge in [0.05, 0.1) is 12.6 Å².